The van der Waals surface area contributed by atoms with E-state index in [9.17, 15) is 9.90 Å². The molecule has 0 aromatic heterocycles. The lowest BCUT2D eigenvalue weighted by molar-refractivity contribution is 0.113. The highest BCUT2D eigenvalue weighted by Crippen LogP contribution is 2.36. The highest BCUT2D eigenvalue weighted by Gasteiger charge is 2.33. The zero-order chi connectivity index (χ0) is 16.4. The number of carbonyl (C=O) groups is 1. The fraction of sp³-hybridized carbons (Fsp3) is 0.632. The minimum Gasteiger partial charge on any atom is -0.393 e. The average Bonchev–Trinajstić information content (AvgIpc) is 3.07. The van der Waals surface area contributed by atoms with Crippen molar-refractivity contribution in [2.75, 3.05) is 20.1 Å². The Morgan fingerprint density at radius 1 is 1.30 bits per heavy atom. The van der Waals surface area contributed by atoms with Gasteiger partial charge in [0.15, 0.2) is 0 Å². The summed E-state index contributed by atoms with van der Waals surface area (Å²) in [7, 11) is 1.83. The molecule has 2 atom stereocenters. The maximum atomic E-state index is 12.3. The summed E-state index contributed by atoms with van der Waals surface area (Å²) in [5.74, 6) is 0.233. The molecule has 23 heavy (non-hydrogen) atoms. The van der Waals surface area contributed by atoms with Crippen LogP contribution in [0.3, 0.4) is 0 Å². The van der Waals surface area contributed by atoms with Gasteiger partial charge in [0, 0.05) is 26.1 Å². The number of carbonyl (C=O) groups excluding carboxylic acids is 1. The zero-order valence-electron chi connectivity index (χ0n) is 14.2. The van der Waals surface area contributed by atoms with E-state index in [4.69, 9.17) is 0 Å². The molecule has 0 aliphatic heterocycles. The van der Waals surface area contributed by atoms with Crippen molar-refractivity contribution in [3.63, 3.8) is 0 Å². The van der Waals surface area contributed by atoms with Crippen molar-refractivity contribution in [1.82, 2.24) is 10.2 Å². The summed E-state index contributed by atoms with van der Waals surface area (Å²) < 4.78 is 0. The van der Waals surface area contributed by atoms with Crippen LogP contribution in [0.5, 0.6) is 0 Å². The maximum absolute atomic E-state index is 12.3. The monoisotopic (exact) mass is 316 g/mol. The van der Waals surface area contributed by atoms with Crippen LogP contribution in [0.25, 0.3) is 0 Å². The molecule has 0 spiro atoms. The molecule has 2 unspecified atom stereocenters. The van der Waals surface area contributed by atoms with E-state index in [0.29, 0.717) is 13.1 Å². The van der Waals surface area contributed by atoms with E-state index in [2.05, 4.69) is 36.5 Å². The molecule has 0 bridgehead atoms. The van der Waals surface area contributed by atoms with E-state index < -0.39 is 0 Å². The van der Waals surface area contributed by atoms with E-state index in [-0.39, 0.29) is 23.5 Å². The summed E-state index contributed by atoms with van der Waals surface area (Å²) in [4.78, 5) is 14.1. The molecule has 3 rings (SSSR count). The second kappa shape index (κ2) is 6.52. The van der Waals surface area contributed by atoms with Crippen LogP contribution in [0, 0.1) is 11.3 Å². The zero-order valence-corrected chi connectivity index (χ0v) is 14.2. The van der Waals surface area contributed by atoms with Gasteiger partial charge in [0.25, 0.3) is 0 Å². The van der Waals surface area contributed by atoms with Gasteiger partial charge in [0.2, 0.25) is 0 Å². The predicted molar refractivity (Wildman–Crippen MR) is 91.3 cm³/mol. The first-order valence-electron chi connectivity index (χ1n) is 8.71. The Morgan fingerprint density at radius 3 is 2.52 bits per heavy atom. The van der Waals surface area contributed by atoms with Crippen molar-refractivity contribution in [3.8, 4) is 0 Å². The van der Waals surface area contributed by atoms with Gasteiger partial charge < -0.3 is 15.3 Å². The minimum atomic E-state index is -0.243. The molecule has 1 aromatic carbocycles. The van der Waals surface area contributed by atoms with Crippen molar-refractivity contribution >= 4 is 6.03 Å². The van der Waals surface area contributed by atoms with Crippen LogP contribution in [0.15, 0.2) is 24.3 Å². The smallest absolute Gasteiger partial charge is 0.317 e. The molecule has 4 heteroatoms. The third kappa shape index (κ3) is 3.69. The van der Waals surface area contributed by atoms with Crippen LogP contribution in [-0.4, -0.2) is 42.3 Å². The number of aliphatic hydroxyl groups is 1. The van der Waals surface area contributed by atoms with Crippen LogP contribution >= 0.6 is 0 Å². The molecule has 4 nitrogen and oxygen atoms in total. The summed E-state index contributed by atoms with van der Waals surface area (Å²) in [6, 6.07) is 8.53. The van der Waals surface area contributed by atoms with Crippen LogP contribution in [0.1, 0.15) is 37.3 Å². The first kappa shape index (κ1) is 16.3. The number of hydrogen-bond acceptors (Lipinski definition) is 2. The normalized spacial score (nSPS) is 25.2. The number of fused-ring (bicyclic) bond motifs is 1. The topological polar surface area (TPSA) is 52.6 Å². The van der Waals surface area contributed by atoms with Crippen molar-refractivity contribution < 1.29 is 9.90 Å². The highest BCUT2D eigenvalue weighted by atomic mass is 16.3. The second-order valence-electron chi connectivity index (χ2n) is 7.73. The van der Waals surface area contributed by atoms with Gasteiger partial charge in [0.1, 0.15) is 0 Å². The van der Waals surface area contributed by atoms with Gasteiger partial charge in [-0.1, -0.05) is 37.6 Å². The van der Waals surface area contributed by atoms with E-state index >= 15 is 0 Å². The SMILES string of the molecule is CN(CC1CCCC1O)C(=O)NCC1(C)Cc2ccccc2C1. The van der Waals surface area contributed by atoms with E-state index in [1.165, 1.54) is 11.1 Å². The average molecular weight is 316 g/mol. The standard InChI is InChI=1S/C19H28N2O2/c1-19(10-14-6-3-4-7-15(14)11-19)13-20-18(23)21(2)12-16-8-5-9-17(16)22/h3-4,6-7,16-17,22H,5,8-13H2,1-2H3,(H,20,23). The molecule has 1 fully saturated rings. The number of amides is 2. The Kier molecular flexibility index (Phi) is 4.62. The van der Waals surface area contributed by atoms with Crippen LogP contribution in [0.4, 0.5) is 4.79 Å². The van der Waals surface area contributed by atoms with Crippen LogP contribution in [-0.2, 0) is 12.8 Å². The van der Waals surface area contributed by atoms with Crippen molar-refractivity contribution in [3.05, 3.63) is 35.4 Å². The minimum absolute atomic E-state index is 0.0266. The highest BCUT2D eigenvalue weighted by molar-refractivity contribution is 5.73. The Balaban J connectivity index is 1.49. The molecular weight excluding hydrogens is 288 g/mol. The molecule has 2 amide bonds. The number of urea groups is 1. The van der Waals surface area contributed by atoms with Crippen LogP contribution in [0.2, 0.25) is 0 Å². The van der Waals surface area contributed by atoms with Crippen LogP contribution < -0.4 is 5.32 Å². The van der Waals surface area contributed by atoms with Gasteiger partial charge in [-0.25, -0.2) is 4.79 Å². The Bertz CT molecular complexity index is 547. The number of nitrogens with one attached hydrogen (secondary N) is 1. The summed E-state index contributed by atoms with van der Waals surface area (Å²) in [5.41, 5.74) is 2.92. The summed E-state index contributed by atoms with van der Waals surface area (Å²) in [6.45, 7) is 3.58. The Labute approximate surface area is 138 Å². The molecule has 1 saturated carbocycles. The summed E-state index contributed by atoms with van der Waals surface area (Å²) in [5, 5.41) is 13.0. The molecule has 1 aromatic rings. The first-order valence-corrected chi connectivity index (χ1v) is 8.71. The molecule has 2 aliphatic carbocycles. The predicted octanol–water partition coefficient (Wildman–Crippen LogP) is 2.59. The van der Waals surface area contributed by atoms with E-state index in [1.807, 2.05) is 7.05 Å². The lowest BCUT2D eigenvalue weighted by Crippen LogP contribution is -2.45. The number of hydrogen-bond donors (Lipinski definition) is 2. The molecule has 0 heterocycles. The van der Waals surface area contributed by atoms with E-state index in [0.717, 1.165) is 32.1 Å². The van der Waals surface area contributed by atoms with Gasteiger partial charge in [-0.05, 0) is 42.2 Å². The maximum Gasteiger partial charge on any atom is 0.317 e. The van der Waals surface area contributed by atoms with Crippen molar-refractivity contribution in [2.24, 2.45) is 11.3 Å². The van der Waals surface area contributed by atoms with Gasteiger partial charge in [-0.3, -0.25) is 0 Å². The molecule has 2 N–H and O–H groups in total. The quantitative estimate of drug-likeness (QED) is 0.897. The van der Waals surface area contributed by atoms with Gasteiger partial charge in [0.05, 0.1) is 6.10 Å². The molecule has 2 aliphatic rings. The number of benzene rings is 1. The lowest BCUT2D eigenvalue weighted by Gasteiger charge is -2.28. The lowest BCUT2D eigenvalue weighted by atomic mass is 9.87. The third-order valence-electron chi connectivity index (χ3n) is 5.49. The third-order valence-corrected chi connectivity index (χ3v) is 5.49. The van der Waals surface area contributed by atoms with Crippen molar-refractivity contribution in [2.45, 2.75) is 45.1 Å². The molecule has 126 valence electrons. The Morgan fingerprint density at radius 2 is 1.96 bits per heavy atom. The van der Waals surface area contributed by atoms with Crippen molar-refractivity contribution in [1.29, 1.82) is 0 Å². The van der Waals surface area contributed by atoms with E-state index in [1.54, 1.807) is 4.90 Å². The number of rotatable bonds is 4. The molecular formula is C19H28N2O2. The summed E-state index contributed by atoms with van der Waals surface area (Å²) >= 11 is 0. The van der Waals surface area contributed by atoms with Gasteiger partial charge >= 0.3 is 6.03 Å². The molecule has 0 saturated heterocycles. The van der Waals surface area contributed by atoms with Gasteiger partial charge in [-0.2, -0.15) is 0 Å². The largest absolute Gasteiger partial charge is 0.393 e. The Hall–Kier alpha value is -1.55. The second-order valence-corrected chi connectivity index (χ2v) is 7.73. The summed E-state index contributed by atoms with van der Waals surface area (Å²) in [6.07, 6.45) is 4.76. The number of nitrogens with zero attached hydrogens (tertiary/aromatic N) is 1. The van der Waals surface area contributed by atoms with Gasteiger partial charge in [-0.15, -0.1) is 0 Å². The molecule has 0 radical (unpaired) electrons. The fourth-order valence-electron chi connectivity index (χ4n) is 4.10. The fourth-order valence-corrected chi connectivity index (χ4v) is 4.10. The number of aliphatic hydroxyl groups excluding tert-OH is 1. The first-order chi connectivity index (χ1) is 11.0.